The van der Waals surface area contributed by atoms with Gasteiger partial charge in [-0.2, -0.15) is 0 Å². The molecule has 0 unspecified atom stereocenters. The van der Waals surface area contributed by atoms with Crippen molar-refractivity contribution in [3.05, 3.63) is 23.7 Å². The summed E-state index contributed by atoms with van der Waals surface area (Å²) in [4.78, 5) is 13.0. The topological polar surface area (TPSA) is 65.7 Å². The molecule has 2 heterocycles. The molecule has 0 bridgehead atoms. The fraction of sp³-hybridized carbons (Fsp3) is 0.500. The molecular weight excluding hydrogens is 196 g/mol. The molecule has 0 saturated carbocycles. The molecule has 0 aromatic carbocycles. The monoisotopic (exact) mass is 210 g/mol. The van der Waals surface area contributed by atoms with Crippen LogP contribution in [0, 0.1) is 0 Å². The summed E-state index contributed by atoms with van der Waals surface area (Å²) < 4.78 is 4.93. The van der Waals surface area contributed by atoms with Crippen molar-refractivity contribution in [1.82, 2.24) is 10.2 Å². The van der Waals surface area contributed by atoms with Crippen molar-refractivity contribution in [3.63, 3.8) is 0 Å². The third-order valence-corrected chi connectivity index (χ3v) is 2.54. The first-order valence-corrected chi connectivity index (χ1v) is 5.00. The van der Waals surface area contributed by atoms with Crippen molar-refractivity contribution in [2.75, 3.05) is 26.2 Å². The quantitative estimate of drug-likeness (QED) is 0.755. The molecule has 1 saturated heterocycles. The zero-order chi connectivity index (χ0) is 10.7. The van der Waals surface area contributed by atoms with E-state index >= 15 is 0 Å². The Kier molecular flexibility index (Phi) is 3.03. The predicted octanol–water partition coefficient (Wildman–Crippen LogP) is 0.383. The van der Waals surface area contributed by atoms with Gasteiger partial charge in [0.15, 0.2) is 0 Å². The van der Waals surface area contributed by atoms with Crippen LogP contribution >= 0.6 is 0 Å². The molecule has 0 amide bonds. The number of rotatable bonds is 3. The molecule has 15 heavy (non-hydrogen) atoms. The molecule has 5 nitrogen and oxygen atoms in total. The van der Waals surface area contributed by atoms with Gasteiger partial charge in [-0.15, -0.1) is 0 Å². The van der Waals surface area contributed by atoms with Gasteiger partial charge in [0.05, 0.1) is 6.26 Å². The molecule has 2 N–H and O–H groups in total. The lowest BCUT2D eigenvalue weighted by Crippen LogP contribution is -2.43. The molecule has 2 rings (SSSR count). The maximum absolute atomic E-state index is 10.8. The summed E-state index contributed by atoms with van der Waals surface area (Å²) in [5, 5.41) is 12.1. The molecule has 1 aromatic rings. The molecule has 1 aliphatic rings. The Labute approximate surface area is 87.7 Å². The number of hydrogen-bond donors (Lipinski definition) is 2. The Morgan fingerprint density at radius 2 is 2.27 bits per heavy atom. The van der Waals surface area contributed by atoms with Gasteiger partial charge >= 0.3 is 5.97 Å². The second-order valence-electron chi connectivity index (χ2n) is 3.61. The molecule has 82 valence electrons. The number of furan rings is 1. The number of carboxylic acid groups (broad SMARTS) is 1. The second kappa shape index (κ2) is 4.46. The van der Waals surface area contributed by atoms with Gasteiger partial charge in [-0.05, 0) is 6.07 Å². The lowest BCUT2D eigenvalue weighted by molar-refractivity contribution is 0.0659. The first kappa shape index (κ1) is 10.2. The summed E-state index contributed by atoms with van der Waals surface area (Å²) in [6, 6.07) is 1.73. The van der Waals surface area contributed by atoms with Crippen molar-refractivity contribution >= 4 is 5.97 Å². The number of hydrogen-bond acceptors (Lipinski definition) is 4. The Morgan fingerprint density at radius 1 is 1.53 bits per heavy atom. The van der Waals surface area contributed by atoms with Gasteiger partial charge in [0.1, 0.15) is 0 Å². The van der Waals surface area contributed by atoms with Crippen LogP contribution in [0.25, 0.3) is 0 Å². The molecule has 1 aliphatic heterocycles. The van der Waals surface area contributed by atoms with E-state index in [4.69, 9.17) is 9.52 Å². The van der Waals surface area contributed by atoms with E-state index in [1.807, 2.05) is 0 Å². The smallest absolute Gasteiger partial charge is 0.372 e. The maximum atomic E-state index is 10.8. The summed E-state index contributed by atoms with van der Waals surface area (Å²) in [6.45, 7) is 4.47. The highest BCUT2D eigenvalue weighted by Gasteiger charge is 2.17. The van der Waals surface area contributed by atoms with E-state index < -0.39 is 5.97 Å². The van der Waals surface area contributed by atoms with Crippen LogP contribution in [0.1, 0.15) is 16.1 Å². The molecule has 0 radical (unpaired) electrons. The first-order valence-electron chi connectivity index (χ1n) is 5.00. The molecule has 1 aromatic heterocycles. The number of piperazine rings is 1. The van der Waals surface area contributed by atoms with Gasteiger partial charge in [-0.25, -0.2) is 4.79 Å². The molecule has 0 aliphatic carbocycles. The van der Waals surface area contributed by atoms with Gasteiger partial charge in [-0.3, -0.25) is 4.90 Å². The number of nitrogens with zero attached hydrogens (tertiary/aromatic N) is 1. The second-order valence-corrected chi connectivity index (χ2v) is 3.61. The SMILES string of the molecule is O=C(O)c1occc1CN1CCNCC1. The molecule has 5 heteroatoms. The van der Waals surface area contributed by atoms with Crippen molar-refractivity contribution in [3.8, 4) is 0 Å². The van der Waals surface area contributed by atoms with Crippen LogP contribution in [-0.4, -0.2) is 42.2 Å². The minimum absolute atomic E-state index is 0.0635. The standard InChI is InChI=1S/C10H14N2O3/c13-10(14)9-8(1-6-15-9)7-12-4-2-11-3-5-12/h1,6,11H,2-5,7H2,(H,13,14). The lowest BCUT2D eigenvalue weighted by atomic mass is 10.2. The Bertz CT molecular complexity index is 342. The third-order valence-electron chi connectivity index (χ3n) is 2.54. The average molecular weight is 210 g/mol. The van der Waals surface area contributed by atoms with Crippen LogP contribution in [0.2, 0.25) is 0 Å². The van der Waals surface area contributed by atoms with Crippen LogP contribution in [-0.2, 0) is 6.54 Å². The zero-order valence-electron chi connectivity index (χ0n) is 8.40. The first-order chi connectivity index (χ1) is 7.27. The van der Waals surface area contributed by atoms with E-state index in [-0.39, 0.29) is 5.76 Å². The minimum Gasteiger partial charge on any atom is -0.475 e. The lowest BCUT2D eigenvalue weighted by Gasteiger charge is -2.26. The molecular formula is C10H14N2O3. The zero-order valence-corrected chi connectivity index (χ0v) is 8.40. The van der Waals surface area contributed by atoms with Crippen LogP contribution in [0.15, 0.2) is 16.7 Å². The van der Waals surface area contributed by atoms with E-state index in [1.54, 1.807) is 6.07 Å². The fourth-order valence-corrected chi connectivity index (χ4v) is 1.76. The van der Waals surface area contributed by atoms with Crippen LogP contribution in [0.3, 0.4) is 0 Å². The Morgan fingerprint density at radius 3 is 2.93 bits per heavy atom. The van der Waals surface area contributed by atoms with E-state index in [0.29, 0.717) is 6.54 Å². The average Bonchev–Trinajstić information content (AvgIpc) is 2.67. The summed E-state index contributed by atoms with van der Waals surface area (Å²) in [5.74, 6) is -0.932. The summed E-state index contributed by atoms with van der Waals surface area (Å²) in [5.41, 5.74) is 0.754. The van der Waals surface area contributed by atoms with Crippen molar-refractivity contribution in [1.29, 1.82) is 0 Å². The van der Waals surface area contributed by atoms with Crippen molar-refractivity contribution < 1.29 is 14.3 Å². The largest absolute Gasteiger partial charge is 0.475 e. The molecule has 0 atom stereocenters. The van der Waals surface area contributed by atoms with E-state index in [9.17, 15) is 4.79 Å². The number of carboxylic acids is 1. The number of aromatic carboxylic acids is 1. The maximum Gasteiger partial charge on any atom is 0.372 e. The Hall–Kier alpha value is -1.33. The van der Waals surface area contributed by atoms with Crippen molar-refractivity contribution in [2.24, 2.45) is 0 Å². The summed E-state index contributed by atoms with van der Waals surface area (Å²) in [7, 11) is 0. The predicted molar refractivity (Wildman–Crippen MR) is 53.8 cm³/mol. The summed E-state index contributed by atoms with van der Waals surface area (Å²) in [6.07, 6.45) is 1.43. The van der Waals surface area contributed by atoms with E-state index in [2.05, 4.69) is 10.2 Å². The van der Waals surface area contributed by atoms with Gasteiger partial charge in [-0.1, -0.05) is 0 Å². The highest BCUT2D eigenvalue weighted by Crippen LogP contribution is 2.13. The Balaban J connectivity index is 2.03. The van der Waals surface area contributed by atoms with Crippen LogP contribution in [0.4, 0.5) is 0 Å². The van der Waals surface area contributed by atoms with Crippen molar-refractivity contribution in [2.45, 2.75) is 6.54 Å². The minimum atomic E-state index is -0.995. The van der Waals surface area contributed by atoms with Crippen LogP contribution < -0.4 is 5.32 Å². The normalized spacial score (nSPS) is 17.9. The number of carbonyl (C=O) groups is 1. The highest BCUT2D eigenvalue weighted by atomic mass is 16.4. The summed E-state index contributed by atoms with van der Waals surface area (Å²) >= 11 is 0. The third kappa shape index (κ3) is 2.37. The van der Waals surface area contributed by atoms with Gasteiger partial charge in [0, 0.05) is 38.3 Å². The van der Waals surface area contributed by atoms with E-state index in [0.717, 1.165) is 31.7 Å². The molecule has 0 spiro atoms. The number of nitrogens with one attached hydrogen (secondary N) is 1. The van der Waals surface area contributed by atoms with Gasteiger partial charge in [0.2, 0.25) is 5.76 Å². The van der Waals surface area contributed by atoms with Gasteiger partial charge < -0.3 is 14.8 Å². The fourth-order valence-electron chi connectivity index (χ4n) is 1.76. The van der Waals surface area contributed by atoms with E-state index in [1.165, 1.54) is 6.26 Å². The van der Waals surface area contributed by atoms with Crippen LogP contribution in [0.5, 0.6) is 0 Å². The highest BCUT2D eigenvalue weighted by molar-refractivity contribution is 5.86. The molecule has 1 fully saturated rings. The van der Waals surface area contributed by atoms with Gasteiger partial charge in [0.25, 0.3) is 0 Å².